The molecule has 1 atom stereocenters. The summed E-state index contributed by atoms with van der Waals surface area (Å²) in [6.45, 7) is 1.52. The van der Waals surface area contributed by atoms with E-state index in [0.29, 0.717) is 25.3 Å². The first-order valence-electron chi connectivity index (χ1n) is 9.09. The van der Waals surface area contributed by atoms with Gasteiger partial charge in [-0.3, -0.25) is 9.59 Å². The van der Waals surface area contributed by atoms with E-state index in [0.717, 1.165) is 25.8 Å². The molecule has 132 valence electrons. The lowest BCUT2D eigenvalue weighted by atomic mass is 9.93. The zero-order chi connectivity index (χ0) is 17.6. The molecule has 25 heavy (non-hydrogen) atoms. The van der Waals surface area contributed by atoms with Crippen LogP contribution in [-0.2, 0) is 16.0 Å². The second kappa shape index (κ2) is 8.15. The van der Waals surface area contributed by atoms with Gasteiger partial charge in [-0.15, -0.1) is 0 Å². The average Bonchev–Trinajstić information content (AvgIpc) is 2.64. The minimum Gasteiger partial charge on any atom is -0.481 e. The quantitative estimate of drug-likeness (QED) is 0.869. The maximum Gasteiger partial charge on any atom is 0.303 e. The van der Waals surface area contributed by atoms with Gasteiger partial charge < -0.3 is 10.0 Å². The van der Waals surface area contributed by atoms with Crippen LogP contribution in [0.25, 0.3) is 10.8 Å². The predicted molar refractivity (Wildman–Crippen MR) is 98.4 cm³/mol. The highest BCUT2D eigenvalue weighted by Gasteiger charge is 2.23. The standard InChI is InChI=1S/C21H25NO3/c23-20(22-13-3-4-17(15-22)9-12-21(24)25)11-8-16-7-10-18-5-1-2-6-19(18)14-16/h1-2,5-7,10,14,17H,3-4,8-9,11-13,15H2,(H,24,25). The summed E-state index contributed by atoms with van der Waals surface area (Å²) < 4.78 is 0. The van der Waals surface area contributed by atoms with Crippen molar-refractivity contribution in [3.8, 4) is 0 Å². The topological polar surface area (TPSA) is 57.6 Å². The fourth-order valence-electron chi connectivity index (χ4n) is 3.66. The Labute approximate surface area is 148 Å². The molecule has 1 aliphatic rings. The molecule has 0 bridgehead atoms. The van der Waals surface area contributed by atoms with Crippen LogP contribution in [0.4, 0.5) is 0 Å². The molecule has 4 nitrogen and oxygen atoms in total. The number of fused-ring (bicyclic) bond motifs is 1. The van der Waals surface area contributed by atoms with Gasteiger partial charge in [0.15, 0.2) is 0 Å². The van der Waals surface area contributed by atoms with E-state index < -0.39 is 5.97 Å². The molecule has 1 fully saturated rings. The van der Waals surface area contributed by atoms with Crippen LogP contribution in [0.1, 0.15) is 37.7 Å². The molecule has 0 spiro atoms. The normalized spacial score (nSPS) is 17.6. The summed E-state index contributed by atoms with van der Waals surface area (Å²) in [5, 5.41) is 11.2. The van der Waals surface area contributed by atoms with E-state index in [-0.39, 0.29) is 12.3 Å². The molecule has 1 amide bonds. The number of carboxylic acids is 1. The Morgan fingerprint density at radius 1 is 1.08 bits per heavy atom. The molecular formula is C21H25NO3. The Bertz CT molecular complexity index is 756. The van der Waals surface area contributed by atoms with Crippen LogP contribution in [0, 0.1) is 5.92 Å². The van der Waals surface area contributed by atoms with Crippen molar-refractivity contribution in [1.29, 1.82) is 0 Å². The van der Waals surface area contributed by atoms with Crippen LogP contribution in [0.2, 0.25) is 0 Å². The van der Waals surface area contributed by atoms with Crippen molar-refractivity contribution < 1.29 is 14.7 Å². The third-order valence-corrected chi connectivity index (χ3v) is 5.08. The summed E-state index contributed by atoms with van der Waals surface area (Å²) in [4.78, 5) is 25.2. The summed E-state index contributed by atoms with van der Waals surface area (Å²) in [6, 6.07) is 14.6. The van der Waals surface area contributed by atoms with Gasteiger partial charge in [0, 0.05) is 25.9 Å². The highest BCUT2D eigenvalue weighted by molar-refractivity contribution is 5.83. The first-order chi connectivity index (χ1) is 12.1. The lowest BCUT2D eigenvalue weighted by molar-refractivity contribution is -0.137. The fraction of sp³-hybridized carbons (Fsp3) is 0.429. The summed E-state index contributed by atoms with van der Waals surface area (Å²) >= 11 is 0. The van der Waals surface area contributed by atoms with Crippen LogP contribution in [0.15, 0.2) is 42.5 Å². The van der Waals surface area contributed by atoms with E-state index in [2.05, 4.69) is 30.3 Å². The third-order valence-electron chi connectivity index (χ3n) is 5.08. The second-order valence-electron chi connectivity index (χ2n) is 6.96. The van der Waals surface area contributed by atoms with Crippen molar-refractivity contribution in [1.82, 2.24) is 4.90 Å². The van der Waals surface area contributed by atoms with Crippen molar-refractivity contribution in [3.05, 3.63) is 48.0 Å². The van der Waals surface area contributed by atoms with Gasteiger partial charge in [-0.25, -0.2) is 0 Å². The first kappa shape index (κ1) is 17.5. The number of hydrogen-bond acceptors (Lipinski definition) is 2. The molecule has 1 aliphatic heterocycles. The molecule has 0 saturated carbocycles. The first-order valence-corrected chi connectivity index (χ1v) is 9.09. The molecule has 4 heteroatoms. The maximum atomic E-state index is 12.5. The van der Waals surface area contributed by atoms with Crippen LogP contribution in [-0.4, -0.2) is 35.0 Å². The van der Waals surface area contributed by atoms with Crippen LogP contribution < -0.4 is 0 Å². The minimum absolute atomic E-state index is 0.188. The van der Waals surface area contributed by atoms with E-state index >= 15 is 0 Å². The molecule has 2 aromatic carbocycles. The van der Waals surface area contributed by atoms with Crippen LogP contribution >= 0.6 is 0 Å². The molecule has 1 N–H and O–H groups in total. The van der Waals surface area contributed by atoms with E-state index in [1.165, 1.54) is 16.3 Å². The number of benzene rings is 2. The summed E-state index contributed by atoms with van der Waals surface area (Å²) in [6.07, 6.45) is 4.14. The van der Waals surface area contributed by atoms with Gasteiger partial charge in [-0.2, -0.15) is 0 Å². The number of carbonyl (C=O) groups excluding carboxylic acids is 1. The number of rotatable bonds is 6. The Kier molecular flexibility index (Phi) is 5.69. The Hall–Kier alpha value is -2.36. The van der Waals surface area contributed by atoms with Crippen LogP contribution in [0.5, 0.6) is 0 Å². The molecule has 1 unspecified atom stereocenters. The Balaban J connectivity index is 1.53. The lowest BCUT2D eigenvalue weighted by Crippen LogP contribution is -2.40. The van der Waals surface area contributed by atoms with Gasteiger partial charge in [0.1, 0.15) is 0 Å². The number of hydrogen-bond donors (Lipinski definition) is 1. The maximum absolute atomic E-state index is 12.5. The van der Waals surface area contributed by atoms with E-state index in [4.69, 9.17) is 5.11 Å². The van der Waals surface area contributed by atoms with Gasteiger partial charge in [-0.1, -0.05) is 42.5 Å². The number of nitrogens with zero attached hydrogens (tertiary/aromatic N) is 1. The SMILES string of the molecule is O=C(O)CCC1CCCN(C(=O)CCc2ccc3ccccc3c2)C1. The zero-order valence-electron chi connectivity index (χ0n) is 14.5. The number of carboxylic acid groups (broad SMARTS) is 1. The van der Waals surface area contributed by atoms with E-state index in [9.17, 15) is 9.59 Å². The zero-order valence-corrected chi connectivity index (χ0v) is 14.5. The van der Waals surface area contributed by atoms with Gasteiger partial charge in [-0.05, 0) is 47.9 Å². The van der Waals surface area contributed by atoms with Gasteiger partial charge >= 0.3 is 5.97 Å². The van der Waals surface area contributed by atoms with Crippen molar-refractivity contribution in [3.63, 3.8) is 0 Å². The highest BCUT2D eigenvalue weighted by atomic mass is 16.4. The molecule has 2 aromatic rings. The van der Waals surface area contributed by atoms with Crippen LogP contribution in [0.3, 0.4) is 0 Å². The number of aryl methyl sites for hydroxylation is 1. The number of piperidine rings is 1. The predicted octanol–water partition coefficient (Wildman–Crippen LogP) is 3.88. The summed E-state index contributed by atoms with van der Waals surface area (Å²) in [5.74, 6) is -0.234. The molecule has 3 rings (SSSR count). The van der Waals surface area contributed by atoms with Crippen molar-refractivity contribution in [2.45, 2.75) is 38.5 Å². The molecule has 0 aromatic heterocycles. The summed E-state index contributed by atoms with van der Waals surface area (Å²) in [7, 11) is 0. The lowest BCUT2D eigenvalue weighted by Gasteiger charge is -2.32. The van der Waals surface area contributed by atoms with Gasteiger partial charge in [0.25, 0.3) is 0 Å². The number of likely N-dealkylation sites (tertiary alicyclic amines) is 1. The number of aliphatic carboxylic acids is 1. The number of amides is 1. The van der Waals surface area contributed by atoms with E-state index in [1.807, 2.05) is 17.0 Å². The molecule has 0 aliphatic carbocycles. The summed E-state index contributed by atoms with van der Waals surface area (Å²) in [5.41, 5.74) is 1.19. The largest absolute Gasteiger partial charge is 0.481 e. The van der Waals surface area contributed by atoms with Crippen molar-refractivity contribution in [2.75, 3.05) is 13.1 Å². The highest BCUT2D eigenvalue weighted by Crippen LogP contribution is 2.22. The minimum atomic E-state index is -0.750. The average molecular weight is 339 g/mol. The van der Waals surface area contributed by atoms with Crippen molar-refractivity contribution in [2.24, 2.45) is 5.92 Å². The molecular weight excluding hydrogens is 314 g/mol. The monoisotopic (exact) mass is 339 g/mol. The Morgan fingerprint density at radius 2 is 1.88 bits per heavy atom. The second-order valence-corrected chi connectivity index (χ2v) is 6.96. The molecule has 0 radical (unpaired) electrons. The smallest absolute Gasteiger partial charge is 0.303 e. The Morgan fingerprint density at radius 3 is 2.68 bits per heavy atom. The number of carbonyl (C=O) groups is 2. The molecule has 1 saturated heterocycles. The fourth-order valence-corrected chi connectivity index (χ4v) is 3.66. The van der Waals surface area contributed by atoms with Gasteiger partial charge in [0.2, 0.25) is 5.91 Å². The molecule has 1 heterocycles. The van der Waals surface area contributed by atoms with Crippen molar-refractivity contribution >= 4 is 22.6 Å². The van der Waals surface area contributed by atoms with E-state index in [1.54, 1.807) is 0 Å². The van der Waals surface area contributed by atoms with Gasteiger partial charge in [0.05, 0.1) is 0 Å². The third kappa shape index (κ3) is 4.81.